The van der Waals surface area contributed by atoms with Gasteiger partial charge in [-0.1, -0.05) is 0 Å². The van der Waals surface area contributed by atoms with Crippen LogP contribution in [0.25, 0.3) is 0 Å². The second-order valence-corrected chi connectivity index (χ2v) is 4.29. The van der Waals surface area contributed by atoms with Gasteiger partial charge in [0.05, 0.1) is 12.1 Å². The number of aliphatic hydroxyl groups is 1. The molecule has 0 atom stereocenters. The third kappa shape index (κ3) is 3.87. The minimum Gasteiger partial charge on any atom is -0.390 e. The Morgan fingerprint density at radius 3 is 2.40 bits per heavy atom. The molecule has 2 amide bonds. The van der Waals surface area contributed by atoms with E-state index >= 15 is 0 Å². The van der Waals surface area contributed by atoms with Gasteiger partial charge in [-0.25, -0.2) is 0 Å². The van der Waals surface area contributed by atoms with Gasteiger partial charge in [0.2, 0.25) is 11.8 Å². The molecule has 0 aliphatic carbocycles. The van der Waals surface area contributed by atoms with Crippen molar-refractivity contribution in [3.05, 3.63) is 0 Å². The fraction of sp³-hybridized carbons (Fsp3) is 0.800. The Labute approximate surface area is 89.4 Å². The van der Waals surface area contributed by atoms with Crippen LogP contribution >= 0.6 is 0 Å². The average Bonchev–Trinajstić information content (AvgIpc) is 2.14. The molecular weight excluding hydrogens is 196 g/mol. The first-order valence-electron chi connectivity index (χ1n) is 5.15. The fourth-order valence-corrected chi connectivity index (χ4v) is 1.55. The van der Waals surface area contributed by atoms with Crippen LogP contribution in [0.3, 0.4) is 0 Å². The van der Waals surface area contributed by atoms with Crippen molar-refractivity contribution >= 4 is 11.8 Å². The van der Waals surface area contributed by atoms with E-state index in [1.807, 2.05) is 0 Å². The Hall–Kier alpha value is -1.10. The largest absolute Gasteiger partial charge is 0.390 e. The lowest BCUT2D eigenvalue weighted by Crippen LogP contribution is -2.48. The second kappa shape index (κ2) is 4.61. The molecule has 0 aromatic rings. The molecule has 2 N–H and O–H groups in total. The lowest BCUT2D eigenvalue weighted by atomic mass is 9.94. The number of nitrogens with one attached hydrogen (secondary N) is 1. The van der Waals surface area contributed by atoms with Gasteiger partial charge in [0.15, 0.2) is 0 Å². The molecule has 15 heavy (non-hydrogen) atoms. The van der Waals surface area contributed by atoms with E-state index in [0.29, 0.717) is 25.9 Å². The summed E-state index contributed by atoms with van der Waals surface area (Å²) in [5.74, 6) is -0.284. The van der Waals surface area contributed by atoms with Gasteiger partial charge in [0.25, 0.3) is 0 Å². The van der Waals surface area contributed by atoms with Crippen molar-refractivity contribution in [2.75, 3.05) is 19.6 Å². The Balaban J connectivity index is 2.33. The molecule has 1 aliphatic heterocycles. The smallest absolute Gasteiger partial charge is 0.241 e. The molecule has 1 rings (SSSR count). The van der Waals surface area contributed by atoms with Crippen LogP contribution in [0.1, 0.15) is 26.7 Å². The van der Waals surface area contributed by atoms with Crippen molar-refractivity contribution in [3.63, 3.8) is 0 Å². The highest BCUT2D eigenvalue weighted by Gasteiger charge is 2.29. The quantitative estimate of drug-likeness (QED) is 0.651. The number of nitrogens with zero attached hydrogens (tertiary/aromatic N) is 1. The lowest BCUT2D eigenvalue weighted by molar-refractivity contribution is -0.135. The maximum Gasteiger partial charge on any atom is 0.241 e. The van der Waals surface area contributed by atoms with Gasteiger partial charge in [0, 0.05) is 20.0 Å². The SMILES string of the molecule is CC(=O)NCC(=O)N1CCC(C)(O)CC1. The van der Waals surface area contributed by atoms with Crippen molar-refractivity contribution in [3.8, 4) is 0 Å². The van der Waals surface area contributed by atoms with E-state index in [4.69, 9.17) is 0 Å². The van der Waals surface area contributed by atoms with Crippen LogP contribution in [-0.4, -0.2) is 47.1 Å². The molecule has 0 radical (unpaired) electrons. The highest BCUT2D eigenvalue weighted by molar-refractivity contribution is 5.83. The summed E-state index contributed by atoms with van der Waals surface area (Å²) >= 11 is 0. The lowest BCUT2D eigenvalue weighted by Gasteiger charge is -2.35. The number of hydrogen-bond acceptors (Lipinski definition) is 3. The van der Waals surface area contributed by atoms with E-state index in [1.54, 1.807) is 11.8 Å². The van der Waals surface area contributed by atoms with Crippen molar-refractivity contribution in [2.24, 2.45) is 0 Å². The third-order valence-electron chi connectivity index (χ3n) is 2.68. The topological polar surface area (TPSA) is 69.6 Å². The molecule has 0 bridgehead atoms. The summed E-state index contributed by atoms with van der Waals surface area (Å²) in [4.78, 5) is 23.8. The van der Waals surface area contributed by atoms with Crippen molar-refractivity contribution in [2.45, 2.75) is 32.3 Å². The molecule has 86 valence electrons. The van der Waals surface area contributed by atoms with Gasteiger partial charge >= 0.3 is 0 Å². The molecule has 1 saturated heterocycles. The normalized spacial score (nSPS) is 19.8. The number of carbonyl (C=O) groups is 2. The zero-order valence-electron chi connectivity index (χ0n) is 9.25. The molecule has 5 heteroatoms. The maximum atomic E-state index is 11.5. The number of carbonyl (C=O) groups excluding carboxylic acids is 2. The molecule has 1 heterocycles. The Morgan fingerprint density at radius 1 is 1.40 bits per heavy atom. The summed E-state index contributed by atoms with van der Waals surface area (Å²) in [6, 6.07) is 0. The second-order valence-electron chi connectivity index (χ2n) is 4.29. The van der Waals surface area contributed by atoms with Gasteiger partial charge in [-0.05, 0) is 19.8 Å². The van der Waals surface area contributed by atoms with Crippen LogP contribution in [0, 0.1) is 0 Å². The van der Waals surface area contributed by atoms with E-state index in [9.17, 15) is 14.7 Å². The van der Waals surface area contributed by atoms with Crippen LogP contribution in [0.15, 0.2) is 0 Å². The van der Waals surface area contributed by atoms with Crippen LogP contribution in [-0.2, 0) is 9.59 Å². The molecule has 0 saturated carbocycles. The van der Waals surface area contributed by atoms with E-state index in [-0.39, 0.29) is 18.4 Å². The van der Waals surface area contributed by atoms with E-state index in [1.165, 1.54) is 6.92 Å². The number of hydrogen-bond donors (Lipinski definition) is 2. The summed E-state index contributed by atoms with van der Waals surface area (Å²) in [5, 5.41) is 12.2. The number of amides is 2. The Morgan fingerprint density at radius 2 is 1.93 bits per heavy atom. The molecule has 1 aliphatic rings. The first kappa shape index (κ1) is 12.0. The predicted molar refractivity (Wildman–Crippen MR) is 55.1 cm³/mol. The van der Waals surface area contributed by atoms with Crippen LogP contribution in [0.2, 0.25) is 0 Å². The van der Waals surface area contributed by atoms with E-state index in [2.05, 4.69) is 5.32 Å². The predicted octanol–water partition coefficient (Wildman–Crippen LogP) is -0.504. The summed E-state index contributed by atoms with van der Waals surface area (Å²) in [5.41, 5.74) is -0.648. The molecule has 5 nitrogen and oxygen atoms in total. The zero-order valence-corrected chi connectivity index (χ0v) is 9.25. The first-order chi connectivity index (χ1) is 6.91. The Kier molecular flexibility index (Phi) is 3.68. The molecule has 0 spiro atoms. The molecule has 1 fully saturated rings. The summed E-state index contributed by atoms with van der Waals surface area (Å²) < 4.78 is 0. The number of rotatable bonds is 2. The standard InChI is InChI=1S/C10H18N2O3/c1-8(13)11-7-9(14)12-5-3-10(2,15)4-6-12/h15H,3-7H2,1-2H3,(H,11,13). The van der Waals surface area contributed by atoms with Crippen LogP contribution < -0.4 is 5.32 Å². The molecule has 0 unspecified atom stereocenters. The highest BCUT2D eigenvalue weighted by atomic mass is 16.3. The average molecular weight is 214 g/mol. The Bertz CT molecular complexity index is 253. The first-order valence-corrected chi connectivity index (χ1v) is 5.15. The molecule has 0 aromatic heterocycles. The van der Waals surface area contributed by atoms with E-state index in [0.717, 1.165) is 0 Å². The number of piperidine rings is 1. The van der Waals surface area contributed by atoms with Gasteiger partial charge < -0.3 is 15.3 Å². The monoisotopic (exact) mass is 214 g/mol. The van der Waals surface area contributed by atoms with Gasteiger partial charge in [-0.2, -0.15) is 0 Å². The minimum atomic E-state index is -0.648. The van der Waals surface area contributed by atoms with Crippen molar-refractivity contribution in [1.82, 2.24) is 10.2 Å². The zero-order chi connectivity index (χ0) is 11.5. The molecule has 0 aromatic carbocycles. The van der Waals surface area contributed by atoms with Gasteiger partial charge in [0.1, 0.15) is 0 Å². The van der Waals surface area contributed by atoms with Crippen LogP contribution in [0.5, 0.6) is 0 Å². The van der Waals surface area contributed by atoms with E-state index < -0.39 is 5.60 Å². The fourth-order valence-electron chi connectivity index (χ4n) is 1.55. The number of likely N-dealkylation sites (tertiary alicyclic amines) is 1. The van der Waals surface area contributed by atoms with Crippen molar-refractivity contribution in [1.29, 1.82) is 0 Å². The third-order valence-corrected chi connectivity index (χ3v) is 2.68. The van der Waals surface area contributed by atoms with Gasteiger partial charge in [-0.15, -0.1) is 0 Å². The summed E-state index contributed by atoms with van der Waals surface area (Å²) in [6.07, 6.45) is 1.19. The van der Waals surface area contributed by atoms with Crippen molar-refractivity contribution < 1.29 is 14.7 Å². The van der Waals surface area contributed by atoms with Crippen LogP contribution in [0.4, 0.5) is 0 Å². The minimum absolute atomic E-state index is 0.0531. The summed E-state index contributed by atoms with van der Waals surface area (Å²) in [6.45, 7) is 4.34. The maximum absolute atomic E-state index is 11.5. The highest BCUT2D eigenvalue weighted by Crippen LogP contribution is 2.20. The molecular formula is C10H18N2O3. The summed E-state index contributed by atoms with van der Waals surface area (Å²) in [7, 11) is 0. The van der Waals surface area contributed by atoms with Gasteiger partial charge in [-0.3, -0.25) is 9.59 Å².